The van der Waals surface area contributed by atoms with Crippen molar-refractivity contribution in [3.8, 4) is 28.8 Å². The second-order valence-corrected chi connectivity index (χ2v) is 7.05. The molecule has 1 atom stereocenters. The molecule has 0 aliphatic carbocycles. The quantitative estimate of drug-likeness (QED) is 0.391. The average molecular weight is 451 g/mol. The summed E-state index contributed by atoms with van der Waals surface area (Å²) in [7, 11) is 1.58. The Hall–Kier alpha value is -4.21. The molecule has 10 heteroatoms. The topological polar surface area (TPSA) is 99.9 Å². The van der Waals surface area contributed by atoms with Crippen molar-refractivity contribution in [1.82, 2.24) is 25.1 Å². The number of methoxy groups -OCH3 is 1. The molecular weight excluding hydrogens is 429 g/mol. The molecule has 0 saturated heterocycles. The zero-order valence-corrected chi connectivity index (χ0v) is 18.1. The molecule has 4 aromatic rings. The van der Waals surface area contributed by atoms with Crippen LogP contribution in [0.4, 0.5) is 4.39 Å². The summed E-state index contributed by atoms with van der Waals surface area (Å²) in [6, 6.07) is 16.3. The number of carbonyl (C=O) groups is 1. The fraction of sp³-hybridized carbons (Fsp3) is 0.217. The van der Waals surface area contributed by atoms with E-state index in [4.69, 9.17) is 14.2 Å². The van der Waals surface area contributed by atoms with Crippen LogP contribution < -0.4 is 19.5 Å². The summed E-state index contributed by atoms with van der Waals surface area (Å²) in [5, 5.41) is 15.3. The molecule has 4 rings (SSSR count). The first kappa shape index (κ1) is 22.0. The van der Waals surface area contributed by atoms with Crippen LogP contribution in [0.25, 0.3) is 17.0 Å². The van der Waals surface area contributed by atoms with Crippen LogP contribution in [0.15, 0.2) is 60.7 Å². The highest BCUT2D eigenvalue weighted by molar-refractivity contribution is 5.80. The number of fused-ring (bicyclic) bond motifs is 1. The fourth-order valence-electron chi connectivity index (χ4n) is 3.01. The van der Waals surface area contributed by atoms with Crippen molar-refractivity contribution >= 4 is 11.6 Å². The van der Waals surface area contributed by atoms with E-state index in [1.807, 2.05) is 0 Å². The van der Waals surface area contributed by atoms with Crippen molar-refractivity contribution in [1.29, 1.82) is 0 Å². The summed E-state index contributed by atoms with van der Waals surface area (Å²) in [4.78, 5) is 12.3. The molecule has 0 aliphatic heterocycles. The third-order valence-corrected chi connectivity index (χ3v) is 4.73. The number of hydrogen-bond donors (Lipinski definition) is 1. The van der Waals surface area contributed by atoms with Crippen LogP contribution in [0, 0.1) is 5.82 Å². The zero-order valence-electron chi connectivity index (χ0n) is 18.1. The SMILES string of the molecule is COc1ccc(OC(C)C(=O)NCCOc2ccc3nnc(-c4ccc(F)cc4)n3n2)cc1. The Balaban J connectivity index is 1.30. The van der Waals surface area contributed by atoms with E-state index in [1.165, 1.54) is 16.6 Å². The lowest BCUT2D eigenvalue weighted by molar-refractivity contribution is -0.127. The molecule has 0 saturated carbocycles. The minimum absolute atomic E-state index is 0.202. The lowest BCUT2D eigenvalue weighted by atomic mass is 10.2. The number of nitrogens with zero attached hydrogens (tertiary/aromatic N) is 4. The van der Waals surface area contributed by atoms with Crippen molar-refractivity contribution in [3.63, 3.8) is 0 Å². The summed E-state index contributed by atoms with van der Waals surface area (Å²) in [6.45, 7) is 2.13. The largest absolute Gasteiger partial charge is 0.497 e. The van der Waals surface area contributed by atoms with E-state index in [9.17, 15) is 9.18 Å². The molecule has 2 heterocycles. The Morgan fingerprint density at radius 3 is 2.48 bits per heavy atom. The molecule has 1 amide bonds. The predicted molar refractivity (Wildman–Crippen MR) is 118 cm³/mol. The minimum Gasteiger partial charge on any atom is -0.497 e. The number of hydrogen-bond acceptors (Lipinski definition) is 7. The van der Waals surface area contributed by atoms with Gasteiger partial charge in [0, 0.05) is 11.6 Å². The maximum atomic E-state index is 13.2. The van der Waals surface area contributed by atoms with Gasteiger partial charge in [0.05, 0.1) is 13.7 Å². The molecule has 0 radical (unpaired) electrons. The van der Waals surface area contributed by atoms with Gasteiger partial charge in [-0.1, -0.05) is 0 Å². The molecule has 170 valence electrons. The Labute approximate surface area is 189 Å². The molecule has 0 fully saturated rings. The summed E-state index contributed by atoms with van der Waals surface area (Å²) < 4.78 is 31.1. The highest BCUT2D eigenvalue weighted by Crippen LogP contribution is 2.20. The highest BCUT2D eigenvalue weighted by Gasteiger charge is 2.15. The molecule has 0 bridgehead atoms. The summed E-state index contributed by atoms with van der Waals surface area (Å²) in [5.74, 6) is 1.47. The molecule has 1 unspecified atom stereocenters. The molecule has 2 aromatic heterocycles. The van der Waals surface area contributed by atoms with Crippen molar-refractivity contribution in [2.75, 3.05) is 20.3 Å². The number of amides is 1. The second kappa shape index (κ2) is 9.94. The van der Waals surface area contributed by atoms with Crippen LogP contribution in [0.3, 0.4) is 0 Å². The maximum Gasteiger partial charge on any atom is 0.260 e. The number of halogens is 1. The van der Waals surface area contributed by atoms with Gasteiger partial charge < -0.3 is 19.5 Å². The Morgan fingerprint density at radius 2 is 1.76 bits per heavy atom. The number of nitrogens with one attached hydrogen (secondary N) is 1. The van der Waals surface area contributed by atoms with Crippen molar-refractivity contribution in [3.05, 3.63) is 66.5 Å². The summed E-state index contributed by atoms with van der Waals surface area (Å²) in [5.41, 5.74) is 1.20. The number of benzene rings is 2. The Kier molecular flexibility index (Phi) is 6.63. The first-order valence-electron chi connectivity index (χ1n) is 10.2. The second-order valence-electron chi connectivity index (χ2n) is 7.05. The fourth-order valence-corrected chi connectivity index (χ4v) is 3.01. The van der Waals surface area contributed by atoms with Crippen LogP contribution >= 0.6 is 0 Å². The Bertz CT molecular complexity index is 1230. The van der Waals surface area contributed by atoms with Crippen LogP contribution in [0.1, 0.15) is 6.92 Å². The van der Waals surface area contributed by atoms with Crippen LogP contribution in [-0.2, 0) is 4.79 Å². The third-order valence-electron chi connectivity index (χ3n) is 4.73. The van der Waals surface area contributed by atoms with E-state index in [-0.39, 0.29) is 24.9 Å². The summed E-state index contributed by atoms with van der Waals surface area (Å²) in [6.07, 6.45) is -0.678. The molecule has 1 N–H and O–H groups in total. The number of rotatable bonds is 9. The highest BCUT2D eigenvalue weighted by atomic mass is 19.1. The zero-order chi connectivity index (χ0) is 23.2. The van der Waals surface area contributed by atoms with Crippen LogP contribution in [-0.4, -0.2) is 52.1 Å². The molecule has 9 nitrogen and oxygen atoms in total. The Morgan fingerprint density at radius 1 is 1.03 bits per heavy atom. The molecule has 2 aromatic carbocycles. The number of ether oxygens (including phenoxy) is 3. The van der Waals surface area contributed by atoms with Crippen molar-refractivity contribution in [2.24, 2.45) is 0 Å². The lowest BCUT2D eigenvalue weighted by Crippen LogP contribution is -2.38. The molecule has 33 heavy (non-hydrogen) atoms. The van der Waals surface area contributed by atoms with E-state index in [2.05, 4.69) is 20.6 Å². The summed E-state index contributed by atoms with van der Waals surface area (Å²) >= 11 is 0. The first-order chi connectivity index (χ1) is 16.0. The van der Waals surface area contributed by atoms with Gasteiger partial charge in [-0.2, -0.15) is 4.52 Å². The predicted octanol–water partition coefficient (Wildman–Crippen LogP) is 2.90. The number of carbonyl (C=O) groups excluding carboxylic acids is 1. The monoisotopic (exact) mass is 451 g/mol. The smallest absolute Gasteiger partial charge is 0.260 e. The van der Waals surface area contributed by atoms with E-state index < -0.39 is 6.10 Å². The standard InChI is InChI=1S/C23H22FN5O4/c1-15(33-19-9-7-18(31-2)8-10-19)23(30)25-13-14-32-21-12-11-20-26-27-22(29(20)28-21)16-3-5-17(24)6-4-16/h3-12,15H,13-14H2,1-2H3,(H,25,30). The molecule has 0 spiro atoms. The average Bonchev–Trinajstić information content (AvgIpc) is 3.26. The normalized spacial score (nSPS) is 11.7. The minimum atomic E-state index is -0.678. The van der Waals surface area contributed by atoms with Gasteiger partial charge in [0.25, 0.3) is 5.91 Å². The van der Waals surface area contributed by atoms with E-state index in [0.29, 0.717) is 34.4 Å². The molecular formula is C23H22FN5O4. The van der Waals surface area contributed by atoms with Crippen molar-refractivity contribution < 1.29 is 23.4 Å². The van der Waals surface area contributed by atoms with Crippen LogP contribution in [0.5, 0.6) is 17.4 Å². The van der Waals surface area contributed by atoms with Gasteiger partial charge in [0.15, 0.2) is 17.6 Å². The van der Waals surface area contributed by atoms with E-state index in [0.717, 1.165) is 0 Å². The molecule has 0 aliphatic rings. The van der Waals surface area contributed by atoms with Gasteiger partial charge in [0.1, 0.15) is 23.9 Å². The maximum absolute atomic E-state index is 13.2. The number of aromatic nitrogens is 4. The van der Waals surface area contributed by atoms with E-state index in [1.54, 1.807) is 62.6 Å². The van der Waals surface area contributed by atoms with Gasteiger partial charge >= 0.3 is 0 Å². The van der Waals surface area contributed by atoms with Crippen molar-refractivity contribution in [2.45, 2.75) is 13.0 Å². The van der Waals surface area contributed by atoms with Crippen LogP contribution in [0.2, 0.25) is 0 Å². The third kappa shape index (κ3) is 5.35. The van der Waals surface area contributed by atoms with Gasteiger partial charge in [-0.25, -0.2) is 4.39 Å². The van der Waals surface area contributed by atoms with Gasteiger partial charge in [0.2, 0.25) is 5.88 Å². The lowest BCUT2D eigenvalue weighted by Gasteiger charge is -2.15. The van der Waals surface area contributed by atoms with Gasteiger partial charge in [-0.05, 0) is 61.5 Å². The van der Waals surface area contributed by atoms with E-state index >= 15 is 0 Å². The first-order valence-corrected chi connectivity index (χ1v) is 10.2. The van der Waals surface area contributed by atoms with Gasteiger partial charge in [-0.15, -0.1) is 15.3 Å². The van der Waals surface area contributed by atoms with Gasteiger partial charge in [-0.3, -0.25) is 4.79 Å².